The first-order valence-electron chi connectivity index (χ1n) is 13.2. The number of aliphatic hydroxyl groups is 8. The second-order valence-corrected chi connectivity index (χ2v) is 8.72. The minimum Gasteiger partial charge on any atom is -0.400 e. The Labute approximate surface area is 237 Å². The molecule has 11 nitrogen and oxygen atoms in total. The highest BCUT2D eigenvalue weighted by Gasteiger charge is 2.33. The quantitative estimate of drug-likeness (QED) is 0.139. The van der Waals surface area contributed by atoms with Crippen molar-refractivity contribution in [2.75, 3.05) is 59.8 Å². The van der Waals surface area contributed by atoms with Gasteiger partial charge in [0.1, 0.15) is 6.10 Å². The molecule has 0 saturated carbocycles. The van der Waals surface area contributed by atoms with Crippen LogP contribution in [0.15, 0.2) is 72.8 Å². The molecule has 0 bridgehead atoms. The predicted molar refractivity (Wildman–Crippen MR) is 153 cm³/mol. The number of benzene rings is 2. The first-order chi connectivity index (χ1) is 19.5. The number of aliphatic hydroxyl groups excluding tert-OH is 8. The van der Waals surface area contributed by atoms with E-state index in [4.69, 9.17) is 40.6 Å². The van der Waals surface area contributed by atoms with Gasteiger partial charge in [-0.15, -0.1) is 0 Å². The minimum absolute atomic E-state index is 0.00807. The summed E-state index contributed by atoms with van der Waals surface area (Å²) in [5, 5.41) is 73.3. The standard InChI is InChI=1S/C12H17NO3.C12H19NO3.C4H8O2.CH4O/c14-8-11-7-13(16-12(11)9-15)6-10-4-2-1-3-5-10;14-8-11(12(16)9-15)7-13-6-10-4-2-1-3-5-10;5-3-1-2-4-6;1-2/h1-5,11-12,14-15H,6-9H2;1-5,11-16H,6-9H2;1-2,5-6H,3-4H2;2H,1H3/b;;2-1-;/t11-,12+;11?,12-;;/m10../s1. The average Bonchev–Trinajstić information content (AvgIpc) is 3.42. The average molecular weight is 569 g/mol. The van der Waals surface area contributed by atoms with Crippen LogP contribution < -0.4 is 5.32 Å². The van der Waals surface area contributed by atoms with Crippen LogP contribution in [0.1, 0.15) is 11.1 Å². The maximum absolute atomic E-state index is 9.36. The van der Waals surface area contributed by atoms with Crippen LogP contribution in [0.25, 0.3) is 0 Å². The highest BCUT2D eigenvalue weighted by Crippen LogP contribution is 2.21. The minimum atomic E-state index is -0.867. The van der Waals surface area contributed by atoms with E-state index >= 15 is 0 Å². The number of hydrogen-bond acceptors (Lipinski definition) is 11. The first kappa shape index (κ1) is 37.7. The van der Waals surface area contributed by atoms with Crippen LogP contribution in [0, 0.1) is 11.8 Å². The normalized spacial score (nSPS) is 18.0. The maximum atomic E-state index is 9.36. The molecule has 0 aliphatic carbocycles. The molecule has 1 saturated heterocycles. The summed E-state index contributed by atoms with van der Waals surface area (Å²) in [6.45, 7) is 2.10. The smallest absolute Gasteiger partial charge is 0.109 e. The van der Waals surface area contributed by atoms with Gasteiger partial charge in [0.2, 0.25) is 0 Å². The van der Waals surface area contributed by atoms with Crippen LogP contribution in [-0.4, -0.2) is 118 Å². The Morgan fingerprint density at radius 2 is 1.38 bits per heavy atom. The molecule has 40 heavy (non-hydrogen) atoms. The Bertz CT molecular complexity index is 810. The molecule has 11 heteroatoms. The summed E-state index contributed by atoms with van der Waals surface area (Å²) in [6, 6.07) is 19.9. The lowest BCUT2D eigenvalue weighted by Gasteiger charge is -2.19. The molecular weight excluding hydrogens is 520 g/mol. The zero-order valence-electron chi connectivity index (χ0n) is 23.2. The lowest BCUT2D eigenvalue weighted by Crippen LogP contribution is -2.35. The van der Waals surface area contributed by atoms with E-state index in [1.807, 2.05) is 60.7 Å². The van der Waals surface area contributed by atoms with E-state index in [2.05, 4.69) is 5.32 Å². The molecule has 2 aromatic carbocycles. The second kappa shape index (κ2) is 25.7. The van der Waals surface area contributed by atoms with Gasteiger partial charge in [-0.05, 0) is 11.1 Å². The Morgan fingerprint density at radius 1 is 0.825 bits per heavy atom. The van der Waals surface area contributed by atoms with Crippen molar-refractivity contribution < 1.29 is 45.7 Å². The third-order valence-corrected chi connectivity index (χ3v) is 5.79. The number of nitrogens with zero attached hydrogens (tertiary/aromatic N) is 1. The highest BCUT2D eigenvalue weighted by atomic mass is 16.7. The van der Waals surface area contributed by atoms with E-state index in [0.29, 0.717) is 26.2 Å². The fourth-order valence-corrected chi connectivity index (χ4v) is 3.56. The Hall–Kier alpha value is -2.26. The van der Waals surface area contributed by atoms with Crippen molar-refractivity contribution in [3.05, 3.63) is 83.9 Å². The van der Waals surface area contributed by atoms with Gasteiger partial charge < -0.3 is 46.2 Å². The number of rotatable bonds is 13. The maximum Gasteiger partial charge on any atom is 0.109 e. The molecule has 1 heterocycles. The lowest BCUT2D eigenvalue weighted by molar-refractivity contribution is -0.163. The summed E-state index contributed by atoms with van der Waals surface area (Å²) in [4.78, 5) is 5.54. The van der Waals surface area contributed by atoms with Crippen molar-refractivity contribution in [2.45, 2.75) is 25.3 Å². The van der Waals surface area contributed by atoms with Crippen molar-refractivity contribution in [3.63, 3.8) is 0 Å². The molecule has 1 aliphatic rings. The molecule has 0 radical (unpaired) electrons. The summed E-state index contributed by atoms with van der Waals surface area (Å²) >= 11 is 0. The van der Waals surface area contributed by atoms with Gasteiger partial charge in [-0.25, -0.2) is 0 Å². The van der Waals surface area contributed by atoms with Gasteiger partial charge in [0.25, 0.3) is 0 Å². The number of hydroxylamine groups is 2. The van der Waals surface area contributed by atoms with Gasteiger partial charge in [-0.3, -0.25) is 4.84 Å². The zero-order valence-corrected chi connectivity index (χ0v) is 23.2. The Morgan fingerprint density at radius 3 is 1.80 bits per heavy atom. The molecule has 0 spiro atoms. The highest BCUT2D eigenvalue weighted by molar-refractivity contribution is 5.15. The van der Waals surface area contributed by atoms with Crippen LogP contribution in [0.5, 0.6) is 0 Å². The van der Waals surface area contributed by atoms with Crippen molar-refractivity contribution in [2.24, 2.45) is 11.8 Å². The van der Waals surface area contributed by atoms with E-state index in [9.17, 15) is 5.11 Å². The molecule has 9 N–H and O–H groups in total. The van der Waals surface area contributed by atoms with Crippen LogP contribution in [0.2, 0.25) is 0 Å². The van der Waals surface area contributed by atoms with Gasteiger partial charge in [0.05, 0.1) is 32.5 Å². The first-order valence-corrected chi connectivity index (χ1v) is 13.2. The van der Waals surface area contributed by atoms with Crippen molar-refractivity contribution in [1.82, 2.24) is 10.4 Å². The summed E-state index contributed by atoms with van der Waals surface area (Å²) in [5.41, 5.74) is 2.32. The molecule has 2 aromatic rings. The largest absolute Gasteiger partial charge is 0.400 e. The molecular formula is C29H48N2O9. The zero-order chi connectivity index (χ0) is 30.0. The lowest BCUT2D eigenvalue weighted by atomic mass is 10.0. The van der Waals surface area contributed by atoms with E-state index < -0.39 is 6.10 Å². The monoisotopic (exact) mass is 568 g/mol. The predicted octanol–water partition coefficient (Wildman–Crippen LogP) is -0.723. The molecule has 0 amide bonds. The molecule has 4 atom stereocenters. The van der Waals surface area contributed by atoms with E-state index in [0.717, 1.165) is 18.2 Å². The topological polar surface area (TPSA) is 186 Å². The summed E-state index contributed by atoms with van der Waals surface area (Å²) in [5.74, 6) is -0.317. The molecule has 1 unspecified atom stereocenters. The van der Waals surface area contributed by atoms with E-state index in [-0.39, 0.29) is 57.6 Å². The van der Waals surface area contributed by atoms with E-state index in [1.54, 1.807) is 5.06 Å². The summed E-state index contributed by atoms with van der Waals surface area (Å²) in [7, 11) is 1.00. The molecule has 228 valence electrons. The van der Waals surface area contributed by atoms with Crippen molar-refractivity contribution in [3.8, 4) is 0 Å². The molecule has 1 fully saturated rings. The van der Waals surface area contributed by atoms with Crippen molar-refractivity contribution in [1.29, 1.82) is 0 Å². The van der Waals surface area contributed by atoms with Crippen LogP contribution in [-0.2, 0) is 17.9 Å². The Kier molecular flexibility index (Phi) is 24.2. The third kappa shape index (κ3) is 16.8. The SMILES string of the molecule is CO.OC/C=C\CO.OCC(CNCc1ccccc1)[C@@H](O)CO.OC[C@H]1CN(Cc2ccccc2)O[C@H]1CO. The number of nitrogens with one attached hydrogen (secondary N) is 1. The van der Waals surface area contributed by atoms with Gasteiger partial charge >= 0.3 is 0 Å². The van der Waals surface area contributed by atoms with Gasteiger partial charge in [-0.1, -0.05) is 72.8 Å². The molecule has 1 aliphatic heterocycles. The van der Waals surface area contributed by atoms with Crippen LogP contribution in [0.3, 0.4) is 0 Å². The summed E-state index contributed by atoms with van der Waals surface area (Å²) in [6.07, 6.45) is 1.84. The number of hydrogen-bond donors (Lipinski definition) is 9. The Balaban J connectivity index is 0.000000604. The van der Waals surface area contributed by atoms with Crippen molar-refractivity contribution >= 4 is 0 Å². The third-order valence-electron chi connectivity index (χ3n) is 5.79. The van der Waals surface area contributed by atoms with E-state index in [1.165, 1.54) is 12.2 Å². The van der Waals surface area contributed by atoms with Crippen LogP contribution >= 0.6 is 0 Å². The van der Waals surface area contributed by atoms with Gasteiger partial charge in [0, 0.05) is 58.3 Å². The molecule has 0 aromatic heterocycles. The fourth-order valence-electron chi connectivity index (χ4n) is 3.56. The summed E-state index contributed by atoms with van der Waals surface area (Å²) < 4.78 is 0. The second-order valence-electron chi connectivity index (χ2n) is 8.72. The van der Waals surface area contributed by atoms with Crippen LogP contribution in [0.4, 0.5) is 0 Å². The van der Waals surface area contributed by atoms with Gasteiger partial charge in [0.15, 0.2) is 0 Å². The molecule has 3 rings (SSSR count). The van der Waals surface area contributed by atoms with Gasteiger partial charge in [-0.2, -0.15) is 5.06 Å². The fraction of sp³-hybridized carbons (Fsp3) is 0.517.